The molecule has 0 aliphatic rings. The topological polar surface area (TPSA) is 164 Å². The number of rotatable bonds is 6. The Morgan fingerprint density at radius 2 is 1.82 bits per heavy atom. The normalized spacial score (nSPS) is 11.4. The number of nitrogen functional groups attached to an aromatic ring is 1. The summed E-state index contributed by atoms with van der Waals surface area (Å²) < 4.78 is 25.3. The fraction of sp³-hybridized carbons (Fsp3) is 0.0435. The van der Waals surface area contributed by atoms with Crippen LogP contribution in [-0.4, -0.2) is 29.8 Å². The first-order valence-electron chi connectivity index (χ1n) is 9.82. The molecule has 10 heteroatoms. The lowest BCUT2D eigenvalue weighted by atomic mass is 10.0. The Balaban J connectivity index is 1.62. The number of amidine groups is 1. The van der Waals surface area contributed by atoms with Gasteiger partial charge in [0.25, 0.3) is 0 Å². The van der Waals surface area contributed by atoms with Crippen LogP contribution in [0.15, 0.2) is 77.8 Å². The van der Waals surface area contributed by atoms with Crippen LogP contribution in [0.1, 0.15) is 5.56 Å². The molecule has 9 nitrogen and oxygen atoms in total. The second kappa shape index (κ2) is 8.41. The number of sulfonamides is 1. The number of nitrogens with one attached hydrogen (secondary N) is 2. The van der Waals surface area contributed by atoms with E-state index in [0.717, 1.165) is 0 Å². The molecular weight excluding hydrogens is 442 g/mol. The molecule has 0 aliphatic carbocycles. The molecule has 0 spiro atoms. The largest absolute Gasteiger partial charge is 0.494 e. The van der Waals surface area contributed by atoms with E-state index in [2.05, 4.69) is 5.32 Å². The Morgan fingerprint density at radius 3 is 2.55 bits per heavy atom. The van der Waals surface area contributed by atoms with Crippen molar-refractivity contribution in [2.24, 2.45) is 10.9 Å². The van der Waals surface area contributed by atoms with E-state index >= 15 is 0 Å². The minimum atomic E-state index is -3.92. The van der Waals surface area contributed by atoms with Gasteiger partial charge in [-0.25, -0.2) is 13.6 Å². The van der Waals surface area contributed by atoms with Gasteiger partial charge in [-0.1, -0.05) is 36.4 Å². The lowest BCUT2D eigenvalue weighted by Crippen LogP contribution is -2.18. The number of nitrogens with zero attached hydrogens (tertiary/aromatic N) is 1. The van der Waals surface area contributed by atoms with Crippen molar-refractivity contribution in [2.75, 3.05) is 5.32 Å². The van der Waals surface area contributed by atoms with Gasteiger partial charge >= 0.3 is 0 Å². The van der Waals surface area contributed by atoms with E-state index < -0.39 is 10.0 Å². The molecule has 4 aromatic rings. The highest BCUT2D eigenvalue weighted by Gasteiger charge is 2.17. The molecule has 0 unspecified atom stereocenters. The van der Waals surface area contributed by atoms with Crippen molar-refractivity contribution in [2.45, 2.75) is 11.4 Å². The average Bonchev–Trinajstić information content (AvgIpc) is 3.07. The summed E-state index contributed by atoms with van der Waals surface area (Å²) in [4.78, 5) is 12.5. The van der Waals surface area contributed by atoms with Crippen LogP contribution in [-0.2, 0) is 21.4 Å². The van der Waals surface area contributed by atoms with Crippen molar-refractivity contribution in [1.82, 2.24) is 4.57 Å². The lowest BCUT2D eigenvalue weighted by Gasteiger charge is -2.08. The molecule has 0 saturated carbocycles. The Bertz CT molecular complexity index is 1510. The van der Waals surface area contributed by atoms with Crippen molar-refractivity contribution in [3.8, 4) is 17.0 Å². The first-order chi connectivity index (χ1) is 15.6. The summed E-state index contributed by atoms with van der Waals surface area (Å²) in [5.74, 6) is -0.588. The summed E-state index contributed by atoms with van der Waals surface area (Å²) in [6, 6.07) is 18.1. The number of anilines is 1. The van der Waals surface area contributed by atoms with E-state index in [4.69, 9.17) is 16.3 Å². The summed E-state index contributed by atoms with van der Waals surface area (Å²) >= 11 is 0. The number of hydrogen-bond donors (Lipinski definition) is 5. The van der Waals surface area contributed by atoms with Crippen LogP contribution < -0.4 is 16.2 Å². The molecular formula is C23H21N5O4S. The van der Waals surface area contributed by atoms with E-state index in [0.29, 0.717) is 33.2 Å². The van der Waals surface area contributed by atoms with Crippen molar-refractivity contribution in [1.29, 1.82) is 5.41 Å². The van der Waals surface area contributed by atoms with Gasteiger partial charge in [-0.3, -0.25) is 10.2 Å². The first kappa shape index (κ1) is 22.1. The maximum Gasteiger partial charge on any atom is 0.244 e. The molecule has 1 heterocycles. The number of nitrogens with two attached hydrogens (primary N) is 2. The van der Waals surface area contributed by atoms with Gasteiger partial charge < -0.3 is 20.7 Å². The second-order valence-electron chi connectivity index (χ2n) is 7.47. The summed E-state index contributed by atoms with van der Waals surface area (Å²) in [7, 11) is -3.92. The third-order valence-electron chi connectivity index (χ3n) is 5.14. The zero-order chi connectivity index (χ0) is 23.8. The first-order valence-corrected chi connectivity index (χ1v) is 11.4. The monoisotopic (exact) mass is 463 g/mol. The van der Waals surface area contributed by atoms with Crippen molar-refractivity contribution in [3.63, 3.8) is 0 Å². The zero-order valence-corrected chi connectivity index (χ0v) is 18.1. The van der Waals surface area contributed by atoms with Crippen LogP contribution in [0, 0.1) is 5.41 Å². The van der Waals surface area contributed by atoms with E-state index in [1.807, 2.05) is 0 Å². The molecule has 0 fully saturated rings. The predicted octanol–water partition coefficient (Wildman–Crippen LogP) is 2.58. The number of primary sulfonamides is 1. The van der Waals surface area contributed by atoms with Gasteiger partial charge in [-0.2, -0.15) is 0 Å². The quantitative estimate of drug-likeness (QED) is 0.219. The van der Waals surface area contributed by atoms with Gasteiger partial charge in [0.2, 0.25) is 15.9 Å². The number of carbonyl (C=O) groups is 1. The molecule has 0 bridgehead atoms. The average molecular weight is 464 g/mol. The summed E-state index contributed by atoms with van der Waals surface area (Å²) in [6.07, 6.45) is 1.61. The predicted molar refractivity (Wildman–Crippen MR) is 126 cm³/mol. The highest BCUT2D eigenvalue weighted by Crippen LogP contribution is 2.33. The summed E-state index contributed by atoms with van der Waals surface area (Å²) in [5.41, 5.74) is 7.49. The molecule has 0 atom stereocenters. The maximum atomic E-state index is 12.5. The Morgan fingerprint density at radius 1 is 1.06 bits per heavy atom. The van der Waals surface area contributed by atoms with Crippen LogP contribution >= 0.6 is 0 Å². The number of fused-ring (bicyclic) bond motifs is 1. The lowest BCUT2D eigenvalue weighted by molar-refractivity contribution is -0.116. The maximum absolute atomic E-state index is 12.5. The third kappa shape index (κ3) is 4.56. The van der Waals surface area contributed by atoms with E-state index in [1.54, 1.807) is 66.9 Å². The fourth-order valence-electron chi connectivity index (χ4n) is 3.62. The van der Waals surface area contributed by atoms with Gasteiger partial charge in [0.05, 0.1) is 4.90 Å². The SMILES string of the molecule is N=C(N)c1cccc(NC(=O)Cn2cc3cc(-c4ccccc4S(N)(=O)=O)ccc3c2O)c1. The molecule has 7 N–H and O–H groups in total. The van der Waals surface area contributed by atoms with Crippen LogP contribution in [0.25, 0.3) is 21.9 Å². The van der Waals surface area contributed by atoms with Gasteiger partial charge in [0, 0.05) is 33.8 Å². The van der Waals surface area contributed by atoms with Crippen LogP contribution in [0.5, 0.6) is 5.88 Å². The Hall–Kier alpha value is -4.15. The number of benzene rings is 3. The van der Waals surface area contributed by atoms with Gasteiger partial charge in [-0.15, -0.1) is 0 Å². The number of carbonyl (C=O) groups excluding carboxylic acids is 1. The highest BCUT2D eigenvalue weighted by molar-refractivity contribution is 7.89. The number of aromatic nitrogens is 1. The summed E-state index contributed by atoms with van der Waals surface area (Å²) in [6.45, 7) is -0.159. The van der Waals surface area contributed by atoms with Crippen LogP contribution in [0.2, 0.25) is 0 Å². The Kier molecular flexibility index (Phi) is 5.62. The number of aromatic hydroxyl groups is 1. The number of amides is 1. The zero-order valence-electron chi connectivity index (χ0n) is 17.3. The molecule has 0 radical (unpaired) electrons. The molecule has 4 rings (SSSR count). The van der Waals surface area contributed by atoms with Crippen molar-refractivity contribution in [3.05, 3.63) is 78.5 Å². The standard InChI is InChI=1S/C23H21N5O4S/c24-22(25)15-4-3-5-17(11-15)27-21(29)13-28-12-16-10-14(8-9-19(16)23(28)30)18-6-1-2-7-20(18)33(26,31)32/h1-12,30H,13H2,(H3,24,25)(H,27,29)(H2,26,31,32). The molecule has 33 heavy (non-hydrogen) atoms. The second-order valence-corrected chi connectivity index (χ2v) is 9.00. The molecule has 0 saturated heterocycles. The van der Waals surface area contributed by atoms with Gasteiger partial charge in [0.1, 0.15) is 12.4 Å². The smallest absolute Gasteiger partial charge is 0.244 e. The Labute approximate surface area is 189 Å². The third-order valence-corrected chi connectivity index (χ3v) is 6.10. The summed E-state index contributed by atoms with van der Waals surface area (Å²) in [5, 5.41) is 27.3. The minimum absolute atomic E-state index is 0.000161. The van der Waals surface area contributed by atoms with E-state index in [-0.39, 0.29) is 29.1 Å². The molecule has 0 aliphatic heterocycles. The van der Waals surface area contributed by atoms with Crippen LogP contribution in [0.3, 0.4) is 0 Å². The molecule has 168 valence electrons. The van der Waals surface area contributed by atoms with E-state index in [1.165, 1.54) is 10.6 Å². The van der Waals surface area contributed by atoms with Crippen molar-refractivity contribution >= 4 is 38.2 Å². The van der Waals surface area contributed by atoms with Crippen LogP contribution in [0.4, 0.5) is 5.69 Å². The molecule has 1 amide bonds. The molecule has 3 aromatic carbocycles. The van der Waals surface area contributed by atoms with Gasteiger partial charge in [0.15, 0.2) is 5.88 Å². The molecule has 1 aromatic heterocycles. The van der Waals surface area contributed by atoms with Gasteiger partial charge in [-0.05, 0) is 35.9 Å². The van der Waals surface area contributed by atoms with E-state index in [9.17, 15) is 18.3 Å². The minimum Gasteiger partial charge on any atom is -0.494 e. The fourth-order valence-corrected chi connectivity index (χ4v) is 4.38. The number of hydrogen-bond acceptors (Lipinski definition) is 5. The highest BCUT2D eigenvalue weighted by atomic mass is 32.2. The van der Waals surface area contributed by atoms with Crippen molar-refractivity contribution < 1.29 is 18.3 Å².